The van der Waals surface area contributed by atoms with E-state index in [1.54, 1.807) is 0 Å². The summed E-state index contributed by atoms with van der Waals surface area (Å²) in [5, 5.41) is 17.4. The summed E-state index contributed by atoms with van der Waals surface area (Å²) < 4.78 is 0. The molecular formula is C26H33ClN2O3. The van der Waals surface area contributed by atoms with Crippen LogP contribution >= 0.6 is 11.6 Å². The van der Waals surface area contributed by atoms with Gasteiger partial charge in [0.2, 0.25) is 5.91 Å². The van der Waals surface area contributed by atoms with Gasteiger partial charge >= 0.3 is 5.97 Å². The Hall–Kier alpha value is -1.59. The predicted octanol–water partition coefficient (Wildman–Crippen LogP) is 4.09. The van der Waals surface area contributed by atoms with Gasteiger partial charge in [-0.25, -0.2) is 0 Å². The summed E-state index contributed by atoms with van der Waals surface area (Å²) in [5.41, 5.74) is 1.80. The number of fused-ring (bicyclic) bond motifs is 2. The molecule has 0 aromatic heterocycles. The second-order valence-corrected chi connectivity index (χ2v) is 11.7. The van der Waals surface area contributed by atoms with Crippen LogP contribution in [0.15, 0.2) is 18.2 Å². The normalized spacial score (nSPS) is 38.6. The Morgan fingerprint density at radius 2 is 1.72 bits per heavy atom. The molecule has 4 saturated carbocycles. The summed E-state index contributed by atoms with van der Waals surface area (Å²) in [5.74, 6) is 1.54. The number of rotatable bonds is 4. The van der Waals surface area contributed by atoms with Gasteiger partial charge < -0.3 is 15.7 Å². The minimum absolute atomic E-state index is 0.0103. The number of halogens is 1. The molecule has 5 aliphatic carbocycles. The second kappa shape index (κ2) is 7.73. The molecule has 5 nitrogen and oxygen atoms in total. The van der Waals surface area contributed by atoms with Crippen LogP contribution in [0.5, 0.6) is 0 Å². The van der Waals surface area contributed by atoms with Crippen LogP contribution in [0.25, 0.3) is 0 Å². The van der Waals surface area contributed by atoms with Gasteiger partial charge in [-0.05, 0) is 105 Å². The Balaban J connectivity index is 1.36. The maximum absolute atomic E-state index is 14.1. The molecule has 2 unspecified atom stereocenters. The van der Waals surface area contributed by atoms with Gasteiger partial charge in [-0.1, -0.05) is 17.7 Å². The zero-order chi connectivity index (χ0) is 22.0. The first kappa shape index (κ1) is 21.0. The number of hydrogen-bond acceptors (Lipinski definition) is 3. The molecule has 1 saturated heterocycles. The summed E-state index contributed by atoms with van der Waals surface area (Å²) in [7, 11) is 0. The van der Waals surface area contributed by atoms with Gasteiger partial charge in [-0.2, -0.15) is 0 Å². The third kappa shape index (κ3) is 3.22. The highest BCUT2D eigenvalue weighted by Crippen LogP contribution is 2.58. The number of carbonyl (C=O) groups excluding carboxylic acids is 1. The zero-order valence-electron chi connectivity index (χ0n) is 18.5. The summed E-state index contributed by atoms with van der Waals surface area (Å²) in [6.07, 6.45) is 8.09. The molecule has 0 radical (unpaired) electrons. The van der Waals surface area contributed by atoms with Crippen LogP contribution in [0.4, 0.5) is 0 Å². The van der Waals surface area contributed by atoms with Crippen LogP contribution in [0.1, 0.15) is 68.4 Å². The fourth-order valence-electron chi connectivity index (χ4n) is 8.73. The molecule has 1 heterocycles. The third-order valence-corrected chi connectivity index (χ3v) is 9.89. The summed E-state index contributed by atoms with van der Waals surface area (Å²) >= 11 is 6.41. The third-order valence-electron chi connectivity index (χ3n) is 9.66. The van der Waals surface area contributed by atoms with Crippen LogP contribution in [0.2, 0.25) is 5.02 Å². The molecule has 7 rings (SSSR count). The van der Waals surface area contributed by atoms with E-state index in [-0.39, 0.29) is 35.6 Å². The summed E-state index contributed by atoms with van der Waals surface area (Å²) in [4.78, 5) is 26.0. The molecule has 3 N–H and O–H groups in total. The number of carbonyl (C=O) groups is 2. The van der Waals surface area contributed by atoms with Crippen molar-refractivity contribution in [3.8, 4) is 0 Å². The molecule has 172 valence electrons. The number of carboxylic acid groups (broad SMARTS) is 1. The van der Waals surface area contributed by atoms with Crippen molar-refractivity contribution in [3.05, 3.63) is 34.3 Å². The fourth-order valence-corrected chi connectivity index (χ4v) is 8.91. The number of hydrogen-bond donors (Lipinski definition) is 3. The van der Waals surface area contributed by atoms with Gasteiger partial charge in [0.15, 0.2) is 0 Å². The minimum atomic E-state index is -0.839. The van der Waals surface area contributed by atoms with Gasteiger partial charge in [-0.15, -0.1) is 0 Å². The topological polar surface area (TPSA) is 78.4 Å². The zero-order valence-corrected chi connectivity index (χ0v) is 19.2. The average Bonchev–Trinajstić information content (AvgIpc) is 2.98. The molecule has 32 heavy (non-hydrogen) atoms. The van der Waals surface area contributed by atoms with Crippen LogP contribution in [0, 0.1) is 29.6 Å². The monoisotopic (exact) mass is 456 g/mol. The number of amides is 1. The molecular weight excluding hydrogens is 424 g/mol. The fraction of sp³-hybridized carbons (Fsp3) is 0.692. The number of piperidine rings is 1. The van der Waals surface area contributed by atoms with Crippen molar-refractivity contribution < 1.29 is 14.7 Å². The molecule has 2 atom stereocenters. The van der Waals surface area contributed by atoms with Crippen LogP contribution in [-0.2, 0) is 15.0 Å². The lowest BCUT2D eigenvalue weighted by atomic mass is 9.54. The number of aliphatic carboxylic acids is 1. The van der Waals surface area contributed by atoms with Gasteiger partial charge in [0.05, 0.1) is 12.3 Å². The van der Waals surface area contributed by atoms with E-state index in [0.29, 0.717) is 16.9 Å². The summed E-state index contributed by atoms with van der Waals surface area (Å²) in [6, 6.07) is 6.10. The first-order valence-electron chi connectivity index (χ1n) is 12.5. The molecule has 5 fully saturated rings. The number of carboxylic acids is 1. The van der Waals surface area contributed by atoms with Crippen molar-refractivity contribution in [1.29, 1.82) is 0 Å². The molecule has 1 aromatic carbocycles. The average molecular weight is 457 g/mol. The quantitative estimate of drug-likeness (QED) is 0.637. The first-order chi connectivity index (χ1) is 15.4. The smallest absolute Gasteiger partial charge is 0.303 e. The van der Waals surface area contributed by atoms with Gasteiger partial charge in [0.1, 0.15) is 0 Å². The lowest BCUT2D eigenvalue weighted by Crippen LogP contribution is -2.58. The second-order valence-electron chi connectivity index (χ2n) is 11.3. The van der Waals surface area contributed by atoms with E-state index in [1.807, 2.05) is 18.2 Å². The highest BCUT2D eigenvalue weighted by Gasteiger charge is 2.57. The molecule has 1 amide bonds. The van der Waals surface area contributed by atoms with Crippen LogP contribution < -0.4 is 10.6 Å². The van der Waals surface area contributed by atoms with E-state index >= 15 is 0 Å². The lowest BCUT2D eigenvalue weighted by molar-refractivity contribution is -0.139. The van der Waals surface area contributed by atoms with Crippen molar-refractivity contribution in [3.63, 3.8) is 0 Å². The van der Waals surface area contributed by atoms with Crippen LogP contribution in [0.3, 0.4) is 0 Å². The number of benzene rings is 1. The Morgan fingerprint density at radius 3 is 2.34 bits per heavy atom. The first-order valence-corrected chi connectivity index (χ1v) is 12.9. The molecule has 6 aliphatic rings. The van der Waals surface area contributed by atoms with Crippen molar-refractivity contribution in [1.82, 2.24) is 10.6 Å². The van der Waals surface area contributed by atoms with Crippen molar-refractivity contribution in [2.45, 2.75) is 68.7 Å². The van der Waals surface area contributed by atoms with Gasteiger partial charge in [0.25, 0.3) is 0 Å². The SMILES string of the molecule is O=C(O)CC1c2ccc(Cl)cc2C2(CCNCC2)C1C(=O)NC1C2CC3CC(C2)CC1C3. The number of nitrogens with one attached hydrogen (secondary N) is 2. The van der Waals surface area contributed by atoms with Crippen LogP contribution in [-0.4, -0.2) is 36.1 Å². The van der Waals surface area contributed by atoms with Gasteiger partial charge in [0, 0.05) is 22.4 Å². The highest BCUT2D eigenvalue weighted by molar-refractivity contribution is 6.30. The van der Waals surface area contributed by atoms with E-state index in [0.717, 1.165) is 48.9 Å². The predicted molar refractivity (Wildman–Crippen MR) is 123 cm³/mol. The van der Waals surface area contributed by atoms with Crippen molar-refractivity contribution >= 4 is 23.5 Å². The summed E-state index contributed by atoms with van der Waals surface area (Å²) in [6.45, 7) is 1.68. The van der Waals surface area contributed by atoms with Gasteiger partial charge in [-0.3, -0.25) is 9.59 Å². The molecule has 1 spiro atoms. The Morgan fingerprint density at radius 1 is 1.06 bits per heavy atom. The Labute approximate surface area is 194 Å². The van der Waals surface area contributed by atoms with E-state index in [4.69, 9.17) is 11.6 Å². The van der Waals surface area contributed by atoms with E-state index < -0.39 is 5.97 Å². The highest BCUT2D eigenvalue weighted by atomic mass is 35.5. The standard InChI is InChI=1S/C26H33ClN2O3/c27-18-1-2-19-20(13-22(30)31)23(26(21(19)12-18)3-5-28-6-4-26)25(32)29-24-16-8-14-7-15(10-16)11-17(24)9-14/h1-2,12,14-17,20,23-24,28H,3-11,13H2,(H,29,32)(H,30,31). The molecule has 4 bridgehead atoms. The van der Waals surface area contributed by atoms with E-state index in [2.05, 4.69) is 10.6 Å². The maximum Gasteiger partial charge on any atom is 0.303 e. The van der Waals surface area contributed by atoms with E-state index in [9.17, 15) is 14.7 Å². The lowest BCUT2D eigenvalue weighted by Gasteiger charge is -2.55. The van der Waals surface area contributed by atoms with Crippen molar-refractivity contribution in [2.75, 3.05) is 13.1 Å². The van der Waals surface area contributed by atoms with Crippen molar-refractivity contribution in [2.24, 2.45) is 29.6 Å². The Kier molecular flexibility index (Phi) is 5.07. The molecule has 1 aromatic rings. The Bertz CT molecular complexity index is 913. The molecule has 1 aliphatic heterocycles. The largest absolute Gasteiger partial charge is 0.481 e. The maximum atomic E-state index is 14.1. The minimum Gasteiger partial charge on any atom is -0.481 e. The molecule has 6 heteroatoms. The van der Waals surface area contributed by atoms with E-state index in [1.165, 1.54) is 32.1 Å².